The lowest BCUT2D eigenvalue weighted by Gasteiger charge is -2.20. The highest BCUT2D eigenvalue weighted by atomic mass is 16.5. The quantitative estimate of drug-likeness (QED) is 0.647. The minimum Gasteiger partial charge on any atom is -0.496 e. The Morgan fingerprint density at radius 3 is 2.81 bits per heavy atom. The SMILES string of the molecule is CCC(C)NC(=NC)NC1CC1(C)c1ccccc1OC. The molecule has 2 rings (SSSR count). The maximum atomic E-state index is 5.50. The Balaban J connectivity index is 2.05. The number of aliphatic imine (C=N–C) groups is 1. The number of ether oxygens (including phenoxy) is 1. The highest BCUT2D eigenvalue weighted by Gasteiger charge is 2.53. The lowest BCUT2D eigenvalue weighted by Crippen LogP contribution is -2.44. The molecule has 3 unspecified atom stereocenters. The average molecular weight is 289 g/mol. The summed E-state index contributed by atoms with van der Waals surface area (Å²) < 4.78 is 5.50. The van der Waals surface area contributed by atoms with E-state index in [0.29, 0.717) is 12.1 Å². The van der Waals surface area contributed by atoms with Crippen molar-refractivity contribution in [1.82, 2.24) is 10.6 Å². The Hall–Kier alpha value is -1.71. The maximum absolute atomic E-state index is 5.50. The monoisotopic (exact) mass is 289 g/mol. The zero-order chi connectivity index (χ0) is 15.5. The zero-order valence-electron chi connectivity index (χ0n) is 13.7. The first-order valence-corrected chi connectivity index (χ1v) is 7.68. The molecule has 4 heteroatoms. The summed E-state index contributed by atoms with van der Waals surface area (Å²) in [5, 5.41) is 6.94. The molecule has 1 aromatic rings. The first kappa shape index (κ1) is 15.7. The second-order valence-electron chi connectivity index (χ2n) is 6.04. The molecule has 4 nitrogen and oxygen atoms in total. The lowest BCUT2D eigenvalue weighted by atomic mass is 9.96. The lowest BCUT2D eigenvalue weighted by molar-refractivity contribution is 0.404. The van der Waals surface area contributed by atoms with Crippen LogP contribution in [0.3, 0.4) is 0 Å². The Bertz CT molecular complexity index is 515. The number of nitrogens with one attached hydrogen (secondary N) is 2. The third-order valence-corrected chi connectivity index (χ3v) is 4.49. The zero-order valence-corrected chi connectivity index (χ0v) is 13.7. The van der Waals surface area contributed by atoms with Crippen molar-refractivity contribution in [2.45, 2.75) is 51.1 Å². The number of hydrogen-bond acceptors (Lipinski definition) is 2. The van der Waals surface area contributed by atoms with Crippen LogP contribution in [-0.4, -0.2) is 32.2 Å². The predicted molar refractivity (Wildman–Crippen MR) is 88.1 cm³/mol. The minimum absolute atomic E-state index is 0.111. The van der Waals surface area contributed by atoms with Gasteiger partial charge in [0.15, 0.2) is 5.96 Å². The number of methoxy groups -OCH3 is 1. The van der Waals surface area contributed by atoms with E-state index in [2.05, 4.69) is 48.5 Å². The van der Waals surface area contributed by atoms with E-state index in [4.69, 9.17) is 4.74 Å². The van der Waals surface area contributed by atoms with Gasteiger partial charge in [0.2, 0.25) is 0 Å². The molecule has 1 saturated carbocycles. The fourth-order valence-corrected chi connectivity index (χ4v) is 2.66. The van der Waals surface area contributed by atoms with E-state index in [1.165, 1.54) is 5.56 Å². The number of benzene rings is 1. The van der Waals surface area contributed by atoms with E-state index < -0.39 is 0 Å². The van der Waals surface area contributed by atoms with Crippen LogP contribution in [-0.2, 0) is 5.41 Å². The van der Waals surface area contributed by atoms with E-state index in [9.17, 15) is 0 Å². The summed E-state index contributed by atoms with van der Waals surface area (Å²) in [7, 11) is 3.55. The third-order valence-electron chi connectivity index (χ3n) is 4.49. The summed E-state index contributed by atoms with van der Waals surface area (Å²) in [5.41, 5.74) is 1.38. The van der Waals surface area contributed by atoms with Crippen LogP contribution < -0.4 is 15.4 Å². The van der Waals surface area contributed by atoms with Gasteiger partial charge in [-0.15, -0.1) is 0 Å². The smallest absolute Gasteiger partial charge is 0.191 e. The Labute approximate surface area is 128 Å². The number of guanidine groups is 1. The van der Waals surface area contributed by atoms with Crippen molar-refractivity contribution < 1.29 is 4.74 Å². The highest BCUT2D eigenvalue weighted by molar-refractivity contribution is 5.81. The van der Waals surface area contributed by atoms with Crippen LogP contribution >= 0.6 is 0 Å². The third kappa shape index (κ3) is 3.31. The molecule has 0 aromatic heterocycles. The molecule has 0 radical (unpaired) electrons. The largest absolute Gasteiger partial charge is 0.496 e. The first-order chi connectivity index (χ1) is 10.0. The summed E-state index contributed by atoms with van der Waals surface area (Å²) in [5.74, 6) is 1.85. The van der Waals surface area contributed by atoms with Crippen LogP contribution in [0.25, 0.3) is 0 Å². The van der Waals surface area contributed by atoms with Gasteiger partial charge >= 0.3 is 0 Å². The molecule has 1 aliphatic rings. The summed E-state index contributed by atoms with van der Waals surface area (Å²) in [4.78, 5) is 4.32. The minimum atomic E-state index is 0.111. The molecule has 0 aliphatic heterocycles. The number of para-hydroxylation sites is 1. The van der Waals surface area contributed by atoms with Gasteiger partial charge in [0.05, 0.1) is 7.11 Å². The van der Waals surface area contributed by atoms with Crippen LogP contribution in [0.5, 0.6) is 5.75 Å². The van der Waals surface area contributed by atoms with Crippen molar-refractivity contribution >= 4 is 5.96 Å². The van der Waals surface area contributed by atoms with Gasteiger partial charge in [-0.2, -0.15) is 0 Å². The fraction of sp³-hybridized carbons (Fsp3) is 0.588. The average Bonchev–Trinajstić information content (AvgIpc) is 3.17. The van der Waals surface area contributed by atoms with E-state index in [1.54, 1.807) is 7.11 Å². The molecule has 1 aliphatic carbocycles. The fourth-order valence-electron chi connectivity index (χ4n) is 2.66. The second-order valence-corrected chi connectivity index (χ2v) is 6.04. The Morgan fingerprint density at radius 1 is 1.48 bits per heavy atom. The first-order valence-electron chi connectivity index (χ1n) is 7.68. The molecule has 0 amide bonds. The van der Waals surface area contributed by atoms with Crippen molar-refractivity contribution in [3.63, 3.8) is 0 Å². The van der Waals surface area contributed by atoms with E-state index in [0.717, 1.165) is 24.6 Å². The number of rotatable bonds is 5. The van der Waals surface area contributed by atoms with Gasteiger partial charge in [-0.25, -0.2) is 0 Å². The molecule has 0 saturated heterocycles. The van der Waals surface area contributed by atoms with Gasteiger partial charge in [-0.05, 0) is 25.8 Å². The topological polar surface area (TPSA) is 45.7 Å². The molecule has 2 N–H and O–H groups in total. The normalized spacial score (nSPS) is 26.1. The van der Waals surface area contributed by atoms with Crippen molar-refractivity contribution in [3.8, 4) is 5.75 Å². The molecule has 3 atom stereocenters. The number of hydrogen-bond donors (Lipinski definition) is 2. The van der Waals surface area contributed by atoms with Gasteiger partial charge in [-0.3, -0.25) is 4.99 Å². The van der Waals surface area contributed by atoms with Gasteiger partial charge in [-0.1, -0.05) is 32.0 Å². The van der Waals surface area contributed by atoms with Gasteiger partial charge in [0, 0.05) is 30.1 Å². The van der Waals surface area contributed by atoms with Gasteiger partial charge in [0.1, 0.15) is 5.75 Å². The van der Waals surface area contributed by atoms with Crippen molar-refractivity contribution in [1.29, 1.82) is 0 Å². The van der Waals surface area contributed by atoms with Crippen molar-refractivity contribution in [2.75, 3.05) is 14.2 Å². The predicted octanol–water partition coefficient (Wildman–Crippen LogP) is 2.69. The standard InChI is InChI=1S/C17H27N3O/c1-6-12(2)19-16(18-4)20-15-11-17(15,3)13-9-7-8-10-14(13)21-5/h7-10,12,15H,6,11H2,1-5H3,(H2,18,19,20). The molecular weight excluding hydrogens is 262 g/mol. The van der Waals surface area contributed by atoms with Crippen molar-refractivity contribution in [3.05, 3.63) is 29.8 Å². The van der Waals surface area contributed by atoms with Crippen LogP contribution in [0.1, 0.15) is 39.2 Å². The van der Waals surface area contributed by atoms with Crippen LogP contribution in [0.4, 0.5) is 0 Å². The Morgan fingerprint density at radius 2 is 2.19 bits per heavy atom. The van der Waals surface area contributed by atoms with E-state index >= 15 is 0 Å². The molecule has 1 aromatic carbocycles. The van der Waals surface area contributed by atoms with Crippen LogP contribution in [0, 0.1) is 0 Å². The molecule has 21 heavy (non-hydrogen) atoms. The second kappa shape index (κ2) is 6.37. The summed E-state index contributed by atoms with van der Waals surface area (Å²) >= 11 is 0. The van der Waals surface area contributed by atoms with E-state index in [1.807, 2.05) is 19.2 Å². The highest BCUT2D eigenvalue weighted by Crippen LogP contribution is 2.50. The summed E-state index contributed by atoms with van der Waals surface area (Å²) in [6.45, 7) is 6.61. The Kier molecular flexibility index (Phi) is 4.76. The molecule has 116 valence electrons. The maximum Gasteiger partial charge on any atom is 0.191 e. The van der Waals surface area contributed by atoms with Crippen LogP contribution in [0.15, 0.2) is 29.3 Å². The van der Waals surface area contributed by atoms with Crippen molar-refractivity contribution in [2.24, 2.45) is 4.99 Å². The summed E-state index contributed by atoms with van der Waals surface area (Å²) in [6.07, 6.45) is 2.17. The molecule has 1 fully saturated rings. The van der Waals surface area contributed by atoms with Crippen LogP contribution in [0.2, 0.25) is 0 Å². The van der Waals surface area contributed by atoms with Gasteiger partial charge in [0.25, 0.3) is 0 Å². The van der Waals surface area contributed by atoms with E-state index in [-0.39, 0.29) is 5.41 Å². The molecule has 0 spiro atoms. The molecule has 0 heterocycles. The molecular formula is C17H27N3O. The molecule has 0 bridgehead atoms. The summed E-state index contributed by atoms with van der Waals surface area (Å²) in [6, 6.07) is 9.09. The number of nitrogens with zero attached hydrogens (tertiary/aromatic N) is 1. The van der Waals surface area contributed by atoms with Gasteiger partial charge < -0.3 is 15.4 Å².